The van der Waals surface area contributed by atoms with Crippen LogP contribution in [0.15, 0.2) is 0 Å². The fraction of sp³-hybridized carbons (Fsp3) is 0.929. The number of carbonyl (C=O) groups excluding carboxylic acids is 1. The standard InChI is InChI=1S/C14H25NO2/c1-14(2)7-4-5-11(13(14)16)9-15-8-6-12(10-15)17-3/h11-12H,4-10H2,1-3H3. The van der Waals surface area contributed by atoms with Gasteiger partial charge < -0.3 is 4.74 Å². The molecule has 0 aromatic heterocycles. The minimum Gasteiger partial charge on any atom is -0.380 e. The molecule has 1 aliphatic carbocycles. The highest BCUT2D eigenvalue weighted by molar-refractivity contribution is 5.87. The zero-order chi connectivity index (χ0) is 12.5. The number of carbonyl (C=O) groups is 1. The van der Waals surface area contributed by atoms with Crippen LogP contribution in [0.1, 0.15) is 39.5 Å². The number of ketones is 1. The third-order valence-corrected chi connectivity index (χ3v) is 4.43. The minimum absolute atomic E-state index is 0.0939. The van der Waals surface area contributed by atoms with E-state index >= 15 is 0 Å². The Balaban J connectivity index is 1.89. The summed E-state index contributed by atoms with van der Waals surface area (Å²) in [6, 6.07) is 0. The van der Waals surface area contributed by atoms with Crippen molar-refractivity contribution in [3.63, 3.8) is 0 Å². The molecule has 2 rings (SSSR count). The summed E-state index contributed by atoms with van der Waals surface area (Å²) in [5.41, 5.74) is -0.0939. The van der Waals surface area contributed by atoms with Crippen LogP contribution >= 0.6 is 0 Å². The van der Waals surface area contributed by atoms with E-state index in [2.05, 4.69) is 18.7 Å². The van der Waals surface area contributed by atoms with Gasteiger partial charge in [-0.2, -0.15) is 0 Å². The normalized spacial score (nSPS) is 34.2. The molecule has 1 saturated carbocycles. The largest absolute Gasteiger partial charge is 0.380 e. The van der Waals surface area contributed by atoms with Crippen molar-refractivity contribution in [2.45, 2.75) is 45.6 Å². The smallest absolute Gasteiger partial charge is 0.142 e. The van der Waals surface area contributed by atoms with Gasteiger partial charge in [0.1, 0.15) is 5.78 Å². The van der Waals surface area contributed by atoms with E-state index in [1.165, 1.54) is 6.42 Å². The Hall–Kier alpha value is -0.410. The van der Waals surface area contributed by atoms with Gasteiger partial charge in [0.25, 0.3) is 0 Å². The molecule has 2 atom stereocenters. The fourth-order valence-corrected chi connectivity index (χ4v) is 3.24. The van der Waals surface area contributed by atoms with E-state index in [0.717, 1.165) is 38.9 Å². The molecule has 1 aliphatic heterocycles. The molecule has 0 radical (unpaired) electrons. The van der Waals surface area contributed by atoms with Gasteiger partial charge in [-0.25, -0.2) is 0 Å². The van der Waals surface area contributed by atoms with Crippen LogP contribution in [-0.2, 0) is 9.53 Å². The van der Waals surface area contributed by atoms with Crippen molar-refractivity contribution in [1.29, 1.82) is 0 Å². The molecule has 98 valence electrons. The molecule has 2 unspecified atom stereocenters. The monoisotopic (exact) mass is 239 g/mol. The molecule has 0 N–H and O–H groups in total. The molecule has 2 aliphatic rings. The molecule has 0 bridgehead atoms. The van der Waals surface area contributed by atoms with Gasteiger partial charge in [-0.3, -0.25) is 9.69 Å². The Bertz CT molecular complexity index is 288. The lowest BCUT2D eigenvalue weighted by Crippen LogP contribution is -2.41. The number of Topliss-reactive ketones (excluding diaryl/α,β-unsaturated/α-hetero) is 1. The molecule has 0 aromatic rings. The van der Waals surface area contributed by atoms with Crippen LogP contribution in [0.2, 0.25) is 0 Å². The summed E-state index contributed by atoms with van der Waals surface area (Å²) in [6.45, 7) is 7.23. The van der Waals surface area contributed by atoms with Gasteiger partial charge in [-0.05, 0) is 19.3 Å². The Morgan fingerprint density at radius 3 is 2.82 bits per heavy atom. The molecule has 3 heteroatoms. The molecule has 2 fully saturated rings. The first kappa shape index (κ1) is 13.0. The van der Waals surface area contributed by atoms with Gasteiger partial charge in [-0.15, -0.1) is 0 Å². The fourth-order valence-electron chi connectivity index (χ4n) is 3.24. The topological polar surface area (TPSA) is 29.5 Å². The summed E-state index contributed by atoms with van der Waals surface area (Å²) >= 11 is 0. The first-order valence-electron chi connectivity index (χ1n) is 6.82. The number of ether oxygens (including phenoxy) is 1. The van der Waals surface area contributed by atoms with Gasteiger partial charge >= 0.3 is 0 Å². The predicted molar refractivity (Wildman–Crippen MR) is 68.0 cm³/mol. The van der Waals surface area contributed by atoms with E-state index in [4.69, 9.17) is 4.74 Å². The van der Waals surface area contributed by atoms with Gasteiger partial charge in [-0.1, -0.05) is 20.3 Å². The minimum atomic E-state index is -0.0939. The van der Waals surface area contributed by atoms with Crippen LogP contribution < -0.4 is 0 Å². The summed E-state index contributed by atoms with van der Waals surface area (Å²) in [5.74, 6) is 0.735. The third-order valence-electron chi connectivity index (χ3n) is 4.43. The van der Waals surface area contributed by atoms with Gasteiger partial charge in [0.2, 0.25) is 0 Å². The molecular formula is C14H25NO2. The first-order valence-corrected chi connectivity index (χ1v) is 6.82. The van der Waals surface area contributed by atoms with E-state index < -0.39 is 0 Å². The van der Waals surface area contributed by atoms with Crippen molar-refractivity contribution < 1.29 is 9.53 Å². The van der Waals surface area contributed by atoms with Crippen molar-refractivity contribution in [2.24, 2.45) is 11.3 Å². The average Bonchev–Trinajstić information content (AvgIpc) is 2.72. The number of hydrogen-bond acceptors (Lipinski definition) is 3. The van der Waals surface area contributed by atoms with Gasteiger partial charge in [0.05, 0.1) is 6.10 Å². The highest BCUT2D eigenvalue weighted by Crippen LogP contribution is 2.36. The quantitative estimate of drug-likeness (QED) is 0.755. The van der Waals surface area contributed by atoms with E-state index in [0.29, 0.717) is 11.9 Å². The maximum Gasteiger partial charge on any atom is 0.142 e. The van der Waals surface area contributed by atoms with Crippen molar-refractivity contribution in [3.05, 3.63) is 0 Å². The zero-order valence-corrected chi connectivity index (χ0v) is 11.4. The van der Waals surface area contributed by atoms with Crippen LogP contribution in [-0.4, -0.2) is 43.5 Å². The van der Waals surface area contributed by atoms with Crippen LogP contribution in [0.3, 0.4) is 0 Å². The number of likely N-dealkylation sites (tertiary alicyclic amines) is 1. The van der Waals surface area contributed by atoms with Crippen molar-refractivity contribution in [1.82, 2.24) is 4.90 Å². The number of methoxy groups -OCH3 is 1. The number of rotatable bonds is 3. The average molecular weight is 239 g/mol. The number of hydrogen-bond donors (Lipinski definition) is 0. The Labute approximate surface area is 105 Å². The molecule has 3 nitrogen and oxygen atoms in total. The van der Waals surface area contributed by atoms with Crippen molar-refractivity contribution in [2.75, 3.05) is 26.7 Å². The second kappa shape index (κ2) is 5.07. The van der Waals surface area contributed by atoms with E-state index in [-0.39, 0.29) is 11.3 Å². The lowest BCUT2D eigenvalue weighted by Gasteiger charge is -2.35. The zero-order valence-electron chi connectivity index (χ0n) is 11.4. The highest BCUT2D eigenvalue weighted by atomic mass is 16.5. The van der Waals surface area contributed by atoms with E-state index in [1.54, 1.807) is 7.11 Å². The SMILES string of the molecule is COC1CCN(CC2CCCC(C)(C)C2=O)C1. The summed E-state index contributed by atoms with van der Waals surface area (Å²) < 4.78 is 5.37. The van der Waals surface area contributed by atoms with Crippen molar-refractivity contribution in [3.8, 4) is 0 Å². The van der Waals surface area contributed by atoms with Crippen molar-refractivity contribution >= 4 is 5.78 Å². The Morgan fingerprint density at radius 1 is 1.41 bits per heavy atom. The van der Waals surface area contributed by atoms with E-state index in [1.807, 2.05) is 0 Å². The molecule has 17 heavy (non-hydrogen) atoms. The molecule has 0 spiro atoms. The Kier molecular flexibility index (Phi) is 3.88. The highest BCUT2D eigenvalue weighted by Gasteiger charge is 2.38. The second-order valence-electron chi connectivity index (χ2n) is 6.24. The summed E-state index contributed by atoms with van der Waals surface area (Å²) in [4.78, 5) is 14.7. The molecule has 0 aromatic carbocycles. The maximum atomic E-state index is 12.3. The van der Waals surface area contributed by atoms with Gasteiger partial charge in [0.15, 0.2) is 0 Å². The van der Waals surface area contributed by atoms with Crippen LogP contribution in [0.5, 0.6) is 0 Å². The summed E-state index contributed by atoms with van der Waals surface area (Å²) in [6.07, 6.45) is 4.83. The first-order chi connectivity index (χ1) is 8.03. The molecular weight excluding hydrogens is 214 g/mol. The molecule has 1 saturated heterocycles. The maximum absolute atomic E-state index is 12.3. The predicted octanol–water partition coefficient (Wildman–Crippen LogP) is 2.10. The lowest BCUT2D eigenvalue weighted by atomic mass is 9.71. The third kappa shape index (κ3) is 2.89. The summed E-state index contributed by atoms with van der Waals surface area (Å²) in [7, 11) is 1.78. The Morgan fingerprint density at radius 2 is 2.18 bits per heavy atom. The van der Waals surface area contributed by atoms with Crippen LogP contribution in [0.4, 0.5) is 0 Å². The van der Waals surface area contributed by atoms with Crippen LogP contribution in [0.25, 0.3) is 0 Å². The molecule has 1 heterocycles. The number of nitrogens with zero attached hydrogens (tertiary/aromatic N) is 1. The molecule has 0 amide bonds. The lowest BCUT2D eigenvalue weighted by molar-refractivity contribution is -0.134. The second-order valence-corrected chi connectivity index (χ2v) is 6.24. The summed E-state index contributed by atoms with van der Waals surface area (Å²) in [5, 5.41) is 0. The van der Waals surface area contributed by atoms with Gasteiger partial charge in [0, 0.05) is 38.1 Å². The van der Waals surface area contributed by atoms with Crippen LogP contribution in [0, 0.1) is 11.3 Å². The van der Waals surface area contributed by atoms with E-state index in [9.17, 15) is 4.79 Å².